The first kappa shape index (κ1) is 19.8. The number of hydrogen-bond acceptors (Lipinski definition) is 5. The van der Waals surface area contributed by atoms with Gasteiger partial charge in [0, 0.05) is 11.1 Å². The molecule has 4 rings (SSSR count). The zero-order valence-corrected chi connectivity index (χ0v) is 16.6. The number of benzene rings is 2. The molecule has 9 heteroatoms. The van der Waals surface area contributed by atoms with Gasteiger partial charge < -0.3 is 20.8 Å². The smallest absolute Gasteiger partial charge is 0.416 e. The van der Waals surface area contributed by atoms with Gasteiger partial charge in [0.1, 0.15) is 22.6 Å². The number of aromatic amines is 1. The molecular formula is C21H20F3N5O. The van der Waals surface area contributed by atoms with Crippen LogP contribution in [-0.4, -0.2) is 22.1 Å². The van der Waals surface area contributed by atoms with Crippen LogP contribution in [0.2, 0.25) is 0 Å². The van der Waals surface area contributed by atoms with Crippen molar-refractivity contribution in [2.75, 3.05) is 18.2 Å². The van der Waals surface area contributed by atoms with E-state index >= 15 is 0 Å². The van der Waals surface area contributed by atoms with Gasteiger partial charge in [-0.1, -0.05) is 12.1 Å². The third-order valence-corrected chi connectivity index (χ3v) is 4.93. The summed E-state index contributed by atoms with van der Waals surface area (Å²) in [7, 11) is 1.58. The fourth-order valence-corrected chi connectivity index (χ4v) is 3.52. The molecule has 1 atom stereocenters. The molecule has 0 radical (unpaired) electrons. The minimum absolute atomic E-state index is 0.0489. The van der Waals surface area contributed by atoms with Crippen LogP contribution in [0.4, 0.5) is 24.7 Å². The lowest BCUT2D eigenvalue weighted by atomic mass is 10.0. The number of methoxy groups -OCH3 is 1. The molecule has 0 saturated carbocycles. The minimum atomic E-state index is -4.48. The molecule has 0 aliphatic heterocycles. The van der Waals surface area contributed by atoms with E-state index in [1.807, 2.05) is 18.2 Å². The Balaban J connectivity index is 1.80. The Hall–Kier alpha value is -3.49. The fourth-order valence-electron chi connectivity index (χ4n) is 3.52. The quantitative estimate of drug-likeness (QED) is 0.399. The second-order valence-corrected chi connectivity index (χ2v) is 7.10. The van der Waals surface area contributed by atoms with E-state index in [0.29, 0.717) is 34.0 Å². The van der Waals surface area contributed by atoms with Crippen molar-refractivity contribution in [1.82, 2.24) is 15.0 Å². The summed E-state index contributed by atoms with van der Waals surface area (Å²) in [4.78, 5) is 12.3. The first-order chi connectivity index (χ1) is 14.2. The maximum absolute atomic E-state index is 13.2. The van der Waals surface area contributed by atoms with Crippen LogP contribution < -0.4 is 15.8 Å². The largest absolute Gasteiger partial charge is 0.495 e. The molecule has 4 N–H and O–H groups in total. The zero-order valence-electron chi connectivity index (χ0n) is 16.6. The third kappa shape index (κ3) is 3.47. The number of ether oxygens (including phenoxy) is 1. The molecule has 30 heavy (non-hydrogen) atoms. The molecule has 0 spiro atoms. The highest BCUT2D eigenvalue weighted by atomic mass is 19.4. The van der Waals surface area contributed by atoms with Crippen molar-refractivity contribution < 1.29 is 17.9 Å². The molecule has 0 amide bonds. The summed E-state index contributed by atoms with van der Waals surface area (Å²) in [5.41, 5.74) is 7.50. The number of para-hydroxylation sites is 1. The number of hydrogen-bond donors (Lipinski definition) is 3. The summed E-state index contributed by atoms with van der Waals surface area (Å²) in [5, 5.41) is 4.07. The monoisotopic (exact) mass is 415 g/mol. The number of alkyl halides is 3. The van der Waals surface area contributed by atoms with Gasteiger partial charge in [0.25, 0.3) is 0 Å². The summed E-state index contributed by atoms with van der Waals surface area (Å²) in [6, 6.07) is 8.67. The van der Waals surface area contributed by atoms with Crippen LogP contribution in [0.15, 0.2) is 36.4 Å². The van der Waals surface area contributed by atoms with Gasteiger partial charge in [-0.3, -0.25) is 0 Å². The average molecular weight is 415 g/mol. The van der Waals surface area contributed by atoms with Crippen molar-refractivity contribution in [2.24, 2.45) is 0 Å². The van der Waals surface area contributed by atoms with Gasteiger partial charge >= 0.3 is 6.18 Å². The number of nitrogens with zero attached hydrogens (tertiary/aromatic N) is 2. The molecule has 0 aliphatic rings. The van der Waals surface area contributed by atoms with E-state index in [1.54, 1.807) is 21.0 Å². The molecule has 2 heterocycles. The standard InChI is InChI=1S/C21H20F3N5O/c1-10(12-7-13(21(22,23)24)9-14(25)8-12)26-20-19-18(27-11(2)28-20)15-5-4-6-16(30-3)17(15)29-19/h4-10,29H,25H2,1-3H3,(H,26,27,28)/t10-/m1/s1. The maximum atomic E-state index is 13.2. The Kier molecular flexibility index (Phi) is 4.68. The third-order valence-electron chi connectivity index (χ3n) is 4.93. The van der Waals surface area contributed by atoms with Gasteiger partial charge in [-0.2, -0.15) is 13.2 Å². The van der Waals surface area contributed by atoms with E-state index in [0.717, 1.165) is 23.0 Å². The molecule has 0 saturated heterocycles. The molecule has 4 aromatic rings. The van der Waals surface area contributed by atoms with E-state index in [1.165, 1.54) is 6.07 Å². The van der Waals surface area contributed by atoms with Gasteiger partial charge in [0.05, 0.1) is 24.2 Å². The molecule has 0 fully saturated rings. The second-order valence-electron chi connectivity index (χ2n) is 7.10. The minimum Gasteiger partial charge on any atom is -0.495 e. The van der Waals surface area contributed by atoms with E-state index in [4.69, 9.17) is 10.5 Å². The number of fused-ring (bicyclic) bond motifs is 3. The van der Waals surface area contributed by atoms with Crippen LogP contribution in [0.1, 0.15) is 29.9 Å². The highest BCUT2D eigenvalue weighted by molar-refractivity contribution is 6.10. The number of aryl methyl sites for hydroxylation is 1. The predicted octanol–water partition coefficient (Wildman–Crippen LogP) is 5.20. The number of nitrogen functional groups attached to an aromatic ring is 1. The molecule has 0 aliphatic carbocycles. The molecule has 2 aromatic heterocycles. The topological polar surface area (TPSA) is 88.8 Å². The maximum Gasteiger partial charge on any atom is 0.416 e. The van der Waals surface area contributed by atoms with Gasteiger partial charge in [0.15, 0.2) is 5.82 Å². The van der Waals surface area contributed by atoms with Crippen LogP contribution in [0.5, 0.6) is 5.75 Å². The van der Waals surface area contributed by atoms with Crippen LogP contribution in [0, 0.1) is 6.92 Å². The van der Waals surface area contributed by atoms with Gasteiger partial charge in [0.2, 0.25) is 0 Å². The summed E-state index contributed by atoms with van der Waals surface area (Å²) in [6.07, 6.45) is -4.48. The lowest BCUT2D eigenvalue weighted by Crippen LogP contribution is -2.12. The lowest BCUT2D eigenvalue weighted by Gasteiger charge is -2.18. The Labute approximate surface area is 170 Å². The molecule has 2 aromatic carbocycles. The number of nitrogens with one attached hydrogen (secondary N) is 2. The van der Waals surface area contributed by atoms with Crippen molar-refractivity contribution in [3.8, 4) is 5.75 Å². The van der Waals surface area contributed by atoms with E-state index < -0.39 is 17.8 Å². The highest BCUT2D eigenvalue weighted by Gasteiger charge is 2.31. The number of halogens is 3. The SMILES string of the molecule is COc1cccc2c1[nH]c1c(N[C@H](C)c3cc(N)cc(C(F)(F)F)c3)nc(C)nc12. The lowest BCUT2D eigenvalue weighted by molar-refractivity contribution is -0.137. The number of nitrogens with two attached hydrogens (primary N) is 1. The van der Waals surface area contributed by atoms with Gasteiger partial charge in [-0.15, -0.1) is 0 Å². The highest BCUT2D eigenvalue weighted by Crippen LogP contribution is 2.36. The molecule has 6 nitrogen and oxygen atoms in total. The molecule has 0 unspecified atom stereocenters. The number of H-pyrrole nitrogens is 1. The van der Waals surface area contributed by atoms with Gasteiger partial charge in [-0.25, -0.2) is 9.97 Å². The van der Waals surface area contributed by atoms with Crippen LogP contribution in [0.25, 0.3) is 21.9 Å². The Morgan fingerprint density at radius 1 is 1.13 bits per heavy atom. The first-order valence-corrected chi connectivity index (χ1v) is 9.24. The van der Waals surface area contributed by atoms with Gasteiger partial charge in [-0.05, 0) is 43.7 Å². The number of aromatic nitrogens is 3. The normalized spacial score (nSPS) is 13.0. The second kappa shape index (κ2) is 7.08. The predicted molar refractivity (Wildman–Crippen MR) is 111 cm³/mol. The summed E-state index contributed by atoms with van der Waals surface area (Å²) >= 11 is 0. The summed E-state index contributed by atoms with van der Waals surface area (Å²) < 4.78 is 44.9. The number of rotatable bonds is 4. The Bertz CT molecular complexity index is 1250. The summed E-state index contributed by atoms with van der Waals surface area (Å²) in [6.45, 7) is 3.51. The van der Waals surface area contributed by atoms with Crippen LogP contribution >= 0.6 is 0 Å². The Morgan fingerprint density at radius 3 is 2.60 bits per heavy atom. The van der Waals surface area contributed by atoms with Crippen LogP contribution in [0.3, 0.4) is 0 Å². The first-order valence-electron chi connectivity index (χ1n) is 9.24. The molecule has 0 bridgehead atoms. The summed E-state index contributed by atoms with van der Waals surface area (Å²) in [5.74, 6) is 1.68. The van der Waals surface area contributed by atoms with Crippen molar-refractivity contribution in [1.29, 1.82) is 0 Å². The molecular weight excluding hydrogens is 395 g/mol. The Morgan fingerprint density at radius 2 is 1.90 bits per heavy atom. The van der Waals surface area contributed by atoms with E-state index in [-0.39, 0.29) is 5.69 Å². The van der Waals surface area contributed by atoms with E-state index in [9.17, 15) is 13.2 Å². The van der Waals surface area contributed by atoms with E-state index in [2.05, 4.69) is 20.3 Å². The van der Waals surface area contributed by atoms with Crippen molar-refractivity contribution in [2.45, 2.75) is 26.1 Å². The average Bonchev–Trinajstić information content (AvgIpc) is 3.05. The van der Waals surface area contributed by atoms with Crippen LogP contribution in [-0.2, 0) is 6.18 Å². The fraction of sp³-hybridized carbons (Fsp3) is 0.238. The van der Waals surface area contributed by atoms with Crippen molar-refractivity contribution >= 4 is 33.4 Å². The molecule has 156 valence electrons. The number of anilines is 2. The van der Waals surface area contributed by atoms with Crippen molar-refractivity contribution in [3.05, 3.63) is 53.3 Å². The zero-order chi connectivity index (χ0) is 21.6. The van der Waals surface area contributed by atoms with Crippen molar-refractivity contribution in [3.63, 3.8) is 0 Å².